The van der Waals surface area contributed by atoms with Gasteiger partial charge < -0.3 is 5.32 Å². The van der Waals surface area contributed by atoms with E-state index < -0.39 is 17.5 Å². The molecular weight excluding hydrogens is 332 g/mol. The molecule has 0 bridgehead atoms. The summed E-state index contributed by atoms with van der Waals surface area (Å²) in [6.45, 7) is 6.08. The van der Waals surface area contributed by atoms with E-state index >= 15 is 0 Å². The number of hydrogen-bond acceptors (Lipinski definition) is 4. The Kier molecular flexibility index (Phi) is 6.37. The molecule has 1 heterocycles. The molecule has 4 amide bonds. The number of urea groups is 1. The number of hydrogen-bond donors (Lipinski definition) is 2. The van der Waals surface area contributed by atoms with Crippen LogP contribution in [0.3, 0.4) is 0 Å². The number of nitrogens with zero attached hydrogens (tertiary/aromatic N) is 2. The van der Waals surface area contributed by atoms with Crippen molar-refractivity contribution in [2.24, 2.45) is 0 Å². The Morgan fingerprint density at radius 1 is 1.27 bits per heavy atom. The van der Waals surface area contributed by atoms with Gasteiger partial charge in [-0.2, -0.15) is 5.01 Å². The zero-order valence-electron chi connectivity index (χ0n) is 15.9. The Morgan fingerprint density at radius 2 is 1.92 bits per heavy atom. The smallest absolute Gasteiger partial charge is 0.318 e. The fourth-order valence-electron chi connectivity index (χ4n) is 3.22. The molecule has 142 valence electrons. The number of hydrazine groups is 1. The zero-order valence-corrected chi connectivity index (χ0v) is 15.9. The third kappa shape index (κ3) is 3.88. The van der Waals surface area contributed by atoms with Crippen LogP contribution in [-0.4, -0.2) is 47.4 Å². The van der Waals surface area contributed by atoms with Crippen LogP contribution in [0.5, 0.6) is 0 Å². The molecular formula is C19H28N4O3. The van der Waals surface area contributed by atoms with E-state index in [2.05, 4.69) is 17.7 Å². The number of carbonyl (C=O) groups is 3. The van der Waals surface area contributed by atoms with Gasteiger partial charge in [0.1, 0.15) is 5.54 Å². The van der Waals surface area contributed by atoms with Crippen molar-refractivity contribution >= 4 is 17.8 Å². The third-order valence-corrected chi connectivity index (χ3v) is 4.98. The van der Waals surface area contributed by atoms with E-state index in [4.69, 9.17) is 0 Å². The van der Waals surface area contributed by atoms with Crippen molar-refractivity contribution in [3.63, 3.8) is 0 Å². The van der Waals surface area contributed by atoms with Gasteiger partial charge in [0.15, 0.2) is 0 Å². The molecule has 1 aromatic carbocycles. The van der Waals surface area contributed by atoms with Gasteiger partial charge in [0.25, 0.3) is 11.8 Å². The summed E-state index contributed by atoms with van der Waals surface area (Å²) in [7, 11) is 1.85. The predicted molar refractivity (Wildman–Crippen MR) is 98.9 cm³/mol. The lowest BCUT2D eigenvalue weighted by molar-refractivity contribution is -0.139. The first kappa shape index (κ1) is 19.9. The molecule has 2 unspecified atom stereocenters. The van der Waals surface area contributed by atoms with Gasteiger partial charge in [0.2, 0.25) is 0 Å². The van der Waals surface area contributed by atoms with Crippen molar-refractivity contribution < 1.29 is 14.4 Å². The summed E-state index contributed by atoms with van der Waals surface area (Å²) in [6.07, 6.45) is 2.39. The molecule has 7 heteroatoms. The van der Waals surface area contributed by atoms with Crippen molar-refractivity contribution in [1.82, 2.24) is 20.7 Å². The molecule has 0 aromatic heterocycles. The average molecular weight is 360 g/mol. The Bertz CT molecular complexity index is 664. The quantitative estimate of drug-likeness (QED) is 0.695. The summed E-state index contributed by atoms with van der Waals surface area (Å²) in [5.74, 6) is -0.854. The van der Waals surface area contributed by atoms with E-state index in [1.54, 1.807) is 12.1 Å². The highest BCUT2D eigenvalue weighted by molar-refractivity contribution is 6.08. The van der Waals surface area contributed by atoms with Crippen LogP contribution >= 0.6 is 0 Å². The van der Waals surface area contributed by atoms with E-state index in [1.165, 1.54) is 0 Å². The molecule has 0 saturated carbocycles. The molecule has 0 spiro atoms. The van der Waals surface area contributed by atoms with E-state index in [0.29, 0.717) is 12.0 Å². The van der Waals surface area contributed by atoms with E-state index in [-0.39, 0.29) is 18.5 Å². The van der Waals surface area contributed by atoms with Gasteiger partial charge in [0.05, 0.1) is 6.54 Å². The fraction of sp³-hybridized carbons (Fsp3) is 0.526. The van der Waals surface area contributed by atoms with Gasteiger partial charge in [-0.15, -0.1) is 0 Å². The fourth-order valence-corrected chi connectivity index (χ4v) is 3.22. The van der Waals surface area contributed by atoms with Crippen LogP contribution in [-0.2, 0) is 15.1 Å². The number of amides is 4. The van der Waals surface area contributed by atoms with Gasteiger partial charge in [-0.3, -0.25) is 19.9 Å². The van der Waals surface area contributed by atoms with Gasteiger partial charge in [-0.05, 0) is 32.4 Å². The highest BCUT2D eigenvalue weighted by Crippen LogP contribution is 2.31. The topological polar surface area (TPSA) is 81.8 Å². The first-order valence-corrected chi connectivity index (χ1v) is 9.07. The molecule has 1 aliphatic heterocycles. The molecule has 2 atom stereocenters. The number of likely N-dealkylation sites (N-methyl/N-ethyl adjacent to an activating group) is 1. The lowest BCUT2D eigenvalue weighted by Crippen LogP contribution is -2.51. The van der Waals surface area contributed by atoms with Crippen LogP contribution in [0, 0.1) is 0 Å². The van der Waals surface area contributed by atoms with Gasteiger partial charge in [0, 0.05) is 6.04 Å². The number of imide groups is 1. The van der Waals surface area contributed by atoms with Crippen LogP contribution in [0.4, 0.5) is 4.79 Å². The monoisotopic (exact) mass is 360 g/mol. The van der Waals surface area contributed by atoms with Gasteiger partial charge in [-0.1, -0.05) is 50.6 Å². The summed E-state index contributed by atoms with van der Waals surface area (Å²) in [6, 6.07) is 8.71. The molecule has 26 heavy (non-hydrogen) atoms. The number of nitrogens with one attached hydrogen (secondary N) is 2. The summed E-state index contributed by atoms with van der Waals surface area (Å²) >= 11 is 0. The maximum absolute atomic E-state index is 12.9. The van der Waals surface area contributed by atoms with E-state index in [1.807, 2.05) is 44.0 Å². The summed E-state index contributed by atoms with van der Waals surface area (Å²) < 4.78 is 0. The van der Waals surface area contributed by atoms with Crippen LogP contribution < -0.4 is 10.7 Å². The van der Waals surface area contributed by atoms with Gasteiger partial charge in [-0.25, -0.2) is 4.79 Å². The van der Waals surface area contributed by atoms with Crippen molar-refractivity contribution in [3.8, 4) is 0 Å². The minimum Gasteiger partial charge on any atom is -0.318 e. The lowest BCUT2D eigenvalue weighted by atomic mass is 9.87. The minimum atomic E-state index is -1.15. The van der Waals surface area contributed by atoms with Crippen molar-refractivity contribution in [1.29, 1.82) is 0 Å². The van der Waals surface area contributed by atoms with E-state index in [9.17, 15) is 14.4 Å². The molecule has 0 radical (unpaired) electrons. The largest absolute Gasteiger partial charge is 0.344 e. The van der Waals surface area contributed by atoms with Crippen molar-refractivity contribution in [3.05, 3.63) is 35.9 Å². The second-order valence-corrected chi connectivity index (χ2v) is 6.78. The molecule has 1 saturated heterocycles. The Balaban J connectivity index is 2.10. The second-order valence-electron chi connectivity index (χ2n) is 6.78. The molecule has 7 nitrogen and oxygen atoms in total. The molecule has 1 fully saturated rings. The molecule has 2 N–H and O–H groups in total. The Hall–Kier alpha value is -2.41. The SMILES string of the molecule is CCCC(C)N(C)CC(=O)NN1C(=O)NC(CC)(c2ccccc2)C1=O. The number of benzene rings is 1. The maximum atomic E-state index is 12.9. The van der Waals surface area contributed by atoms with Crippen LogP contribution in [0.2, 0.25) is 0 Å². The normalized spacial score (nSPS) is 21.0. The first-order valence-electron chi connectivity index (χ1n) is 9.07. The maximum Gasteiger partial charge on any atom is 0.344 e. The highest BCUT2D eigenvalue weighted by atomic mass is 16.2. The second kappa shape index (κ2) is 8.31. The van der Waals surface area contributed by atoms with Crippen molar-refractivity contribution in [2.45, 2.75) is 51.6 Å². The van der Waals surface area contributed by atoms with E-state index in [0.717, 1.165) is 17.9 Å². The van der Waals surface area contributed by atoms with Crippen LogP contribution in [0.15, 0.2) is 30.3 Å². The molecule has 1 aromatic rings. The van der Waals surface area contributed by atoms with Gasteiger partial charge >= 0.3 is 6.03 Å². The molecule has 1 aliphatic rings. The first-order chi connectivity index (χ1) is 12.4. The summed E-state index contributed by atoms with van der Waals surface area (Å²) in [5, 5.41) is 3.55. The highest BCUT2D eigenvalue weighted by Gasteiger charge is 2.52. The average Bonchev–Trinajstić information content (AvgIpc) is 2.87. The Morgan fingerprint density at radius 3 is 2.50 bits per heavy atom. The lowest BCUT2D eigenvalue weighted by Gasteiger charge is -2.26. The van der Waals surface area contributed by atoms with Crippen LogP contribution in [0.1, 0.15) is 45.6 Å². The third-order valence-electron chi connectivity index (χ3n) is 4.98. The zero-order chi connectivity index (χ0) is 19.3. The summed E-state index contributed by atoms with van der Waals surface area (Å²) in [5.41, 5.74) is 2.01. The molecule has 0 aliphatic carbocycles. The number of carbonyl (C=O) groups excluding carboxylic acids is 3. The standard InChI is InChI=1S/C19H28N4O3/c1-5-10-14(3)22(4)13-16(24)21-23-17(25)19(6-2,20-18(23)26)15-11-8-7-9-12-15/h7-9,11-12,14H,5-6,10,13H2,1-4H3,(H,20,26)(H,21,24). The predicted octanol–water partition coefficient (Wildman–Crippen LogP) is 2.00. The molecule has 2 rings (SSSR count). The number of rotatable bonds is 8. The van der Waals surface area contributed by atoms with Crippen LogP contribution in [0.25, 0.3) is 0 Å². The summed E-state index contributed by atoms with van der Waals surface area (Å²) in [4.78, 5) is 39.5. The minimum absolute atomic E-state index is 0.114. The Labute approximate surface area is 154 Å². The van der Waals surface area contributed by atoms with Crippen molar-refractivity contribution in [2.75, 3.05) is 13.6 Å².